The van der Waals surface area contributed by atoms with Crippen molar-refractivity contribution < 1.29 is 9.26 Å². The van der Waals surface area contributed by atoms with E-state index in [0.717, 1.165) is 71.5 Å². The minimum absolute atomic E-state index is 0.262. The Bertz CT molecular complexity index is 1490. The number of benzene rings is 3. The molecule has 0 radical (unpaired) electrons. The fraction of sp³-hybridized carbons (Fsp3) is 0.214. The number of nitrogens with two attached hydrogens (primary N) is 1. The highest BCUT2D eigenvalue weighted by molar-refractivity contribution is 6.04. The van der Waals surface area contributed by atoms with Crippen molar-refractivity contribution in [3.63, 3.8) is 0 Å². The summed E-state index contributed by atoms with van der Waals surface area (Å²) in [5.41, 5.74) is 9.71. The van der Waals surface area contributed by atoms with Gasteiger partial charge in [-0.3, -0.25) is 9.58 Å². The van der Waals surface area contributed by atoms with Gasteiger partial charge in [-0.15, -0.1) is 6.58 Å². The number of nitrogen functional groups attached to an aromatic ring is 1. The lowest BCUT2D eigenvalue weighted by Crippen LogP contribution is -2.36. The van der Waals surface area contributed by atoms with Crippen molar-refractivity contribution in [3.8, 4) is 22.8 Å². The van der Waals surface area contributed by atoms with Gasteiger partial charge in [0.25, 0.3) is 0 Å². The molecular formula is C28H27N5O2. The number of hydrogen-bond acceptors (Lipinski definition) is 6. The Morgan fingerprint density at radius 2 is 1.86 bits per heavy atom. The SMILES string of the molecule is C=CCN1CCCC(n2nc(-c3ccc(Oc4ccccc4)cc3)c3cc4c(N)noc4cc32)C1. The molecule has 5 aromatic rings. The number of aromatic nitrogens is 3. The Hall–Kier alpha value is -4.10. The van der Waals surface area contributed by atoms with Gasteiger partial charge < -0.3 is 15.0 Å². The van der Waals surface area contributed by atoms with E-state index in [1.54, 1.807) is 0 Å². The first-order valence-electron chi connectivity index (χ1n) is 11.9. The molecule has 1 aliphatic heterocycles. The first-order chi connectivity index (χ1) is 17.2. The van der Waals surface area contributed by atoms with Crippen molar-refractivity contribution in [2.75, 3.05) is 25.4 Å². The van der Waals surface area contributed by atoms with Crippen LogP contribution >= 0.6 is 0 Å². The lowest BCUT2D eigenvalue weighted by atomic mass is 10.0. The van der Waals surface area contributed by atoms with E-state index >= 15 is 0 Å². The Balaban J connectivity index is 1.42. The monoisotopic (exact) mass is 465 g/mol. The highest BCUT2D eigenvalue weighted by atomic mass is 16.5. The largest absolute Gasteiger partial charge is 0.457 e. The topological polar surface area (TPSA) is 82.3 Å². The number of anilines is 1. The van der Waals surface area contributed by atoms with Crippen molar-refractivity contribution in [1.29, 1.82) is 0 Å². The summed E-state index contributed by atoms with van der Waals surface area (Å²) >= 11 is 0. The first-order valence-corrected chi connectivity index (χ1v) is 11.9. The number of piperidine rings is 1. The molecule has 1 saturated heterocycles. The van der Waals surface area contributed by atoms with Crippen LogP contribution in [0.4, 0.5) is 5.82 Å². The molecule has 1 unspecified atom stereocenters. The molecule has 0 aliphatic carbocycles. The molecule has 0 saturated carbocycles. The van der Waals surface area contributed by atoms with Crippen LogP contribution in [-0.2, 0) is 0 Å². The van der Waals surface area contributed by atoms with Crippen LogP contribution in [0, 0.1) is 0 Å². The molecule has 1 fully saturated rings. The van der Waals surface area contributed by atoms with Gasteiger partial charge >= 0.3 is 0 Å². The molecule has 3 aromatic carbocycles. The molecule has 1 atom stereocenters. The second kappa shape index (κ2) is 8.92. The third-order valence-electron chi connectivity index (χ3n) is 6.65. The van der Waals surface area contributed by atoms with Gasteiger partial charge in [-0.25, -0.2) is 0 Å². The zero-order valence-electron chi connectivity index (χ0n) is 19.4. The third-order valence-corrected chi connectivity index (χ3v) is 6.65. The molecule has 0 spiro atoms. The predicted octanol–water partition coefficient (Wildman–Crippen LogP) is 6.04. The fourth-order valence-electron chi connectivity index (χ4n) is 4.96. The Morgan fingerprint density at radius 3 is 2.66 bits per heavy atom. The number of fused-ring (bicyclic) bond motifs is 2. The number of nitrogens with zero attached hydrogens (tertiary/aromatic N) is 4. The van der Waals surface area contributed by atoms with E-state index in [9.17, 15) is 0 Å². The van der Waals surface area contributed by atoms with Crippen LogP contribution in [0.15, 0.2) is 83.9 Å². The minimum Gasteiger partial charge on any atom is -0.457 e. The molecule has 2 N–H and O–H groups in total. The minimum atomic E-state index is 0.262. The molecule has 176 valence electrons. The molecular weight excluding hydrogens is 438 g/mol. The maximum atomic E-state index is 6.09. The van der Waals surface area contributed by atoms with Gasteiger partial charge in [0.05, 0.1) is 16.9 Å². The normalized spacial score (nSPS) is 16.6. The van der Waals surface area contributed by atoms with Crippen LogP contribution in [0.2, 0.25) is 0 Å². The first kappa shape index (κ1) is 21.4. The molecule has 7 nitrogen and oxygen atoms in total. The molecule has 0 amide bonds. The summed E-state index contributed by atoms with van der Waals surface area (Å²) in [7, 11) is 0. The van der Waals surface area contributed by atoms with Crippen LogP contribution in [0.5, 0.6) is 11.5 Å². The lowest BCUT2D eigenvalue weighted by Gasteiger charge is -2.32. The molecule has 35 heavy (non-hydrogen) atoms. The average Bonchev–Trinajstić information content (AvgIpc) is 3.44. The molecule has 3 heterocycles. The van der Waals surface area contributed by atoms with Crippen LogP contribution in [0.25, 0.3) is 33.1 Å². The summed E-state index contributed by atoms with van der Waals surface area (Å²) in [6.45, 7) is 6.81. The number of ether oxygens (including phenoxy) is 1. The van der Waals surface area contributed by atoms with Gasteiger partial charge in [0.1, 0.15) is 17.2 Å². The van der Waals surface area contributed by atoms with E-state index in [1.807, 2.05) is 60.7 Å². The predicted molar refractivity (Wildman–Crippen MR) is 139 cm³/mol. The Morgan fingerprint density at radius 1 is 1.06 bits per heavy atom. The van der Waals surface area contributed by atoms with Gasteiger partial charge in [0.2, 0.25) is 0 Å². The summed E-state index contributed by atoms with van der Waals surface area (Å²) in [4.78, 5) is 2.43. The highest BCUT2D eigenvalue weighted by Gasteiger charge is 2.25. The average molecular weight is 466 g/mol. The van der Waals surface area contributed by atoms with Crippen molar-refractivity contribution in [3.05, 3.63) is 79.4 Å². The Labute approximate surface area is 203 Å². The van der Waals surface area contributed by atoms with Crippen LogP contribution in [0.3, 0.4) is 0 Å². The van der Waals surface area contributed by atoms with Crippen LogP contribution in [-0.4, -0.2) is 39.5 Å². The second-order valence-electron chi connectivity index (χ2n) is 9.01. The number of para-hydroxylation sites is 1. The maximum absolute atomic E-state index is 6.09. The maximum Gasteiger partial charge on any atom is 0.174 e. The van der Waals surface area contributed by atoms with Crippen molar-refractivity contribution in [2.45, 2.75) is 18.9 Å². The van der Waals surface area contributed by atoms with Gasteiger partial charge in [-0.05, 0) is 61.9 Å². The van der Waals surface area contributed by atoms with E-state index in [2.05, 4.69) is 33.5 Å². The smallest absolute Gasteiger partial charge is 0.174 e. The summed E-state index contributed by atoms with van der Waals surface area (Å²) in [6.07, 6.45) is 4.16. The van der Waals surface area contributed by atoms with E-state index in [4.69, 9.17) is 20.1 Å². The summed E-state index contributed by atoms with van der Waals surface area (Å²) in [5, 5.41) is 10.9. The summed E-state index contributed by atoms with van der Waals surface area (Å²) in [6, 6.07) is 22.2. The molecule has 6 rings (SSSR count). The van der Waals surface area contributed by atoms with E-state index < -0.39 is 0 Å². The van der Waals surface area contributed by atoms with E-state index in [-0.39, 0.29) is 6.04 Å². The van der Waals surface area contributed by atoms with Gasteiger partial charge in [-0.1, -0.05) is 29.4 Å². The highest BCUT2D eigenvalue weighted by Crippen LogP contribution is 2.37. The second-order valence-corrected chi connectivity index (χ2v) is 9.01. The number of hydrogen-bond donors (Lipinski definition) is 1. The van der Waals surface area contributed by atoms with E-state index in [1.165, 1.54) is 0 Å². The quantitative estimate of drug-likeness (QED) is 0.308. The summed E-state index contributed by atoms with van der Waals surface area (Å²) < 4.78 is 13.6. The molecule has 0 bridgehead atoms. The van der Waals surface area contributed by atoms with Crippen molar-refractivity contribution >= 4 is 27.7 Å². The van der Waals surface area contributed by atoms with Gasteiger partial charge in [0.15, 0.2) is 11.4 Å². The molecule has 1 aliphatic rings. The zero-order chi connectivity index (χ0) is 23.8. The van der Waals surface area contributed by atoms with Gasteiger partial charge in [0, 0.05) is 30.1 Å². The molecule has 7 heteroatoms. The van der Waals surface area contributed by atoms with E-state index in [0.29, 0.717) is 11.4 Å². The summed E-state index contributed by atoms with van der Waals surface area (Å²) in [5.74, 6) is 1.98. The third kappa shape index (κ3) is 4.04. The van der Waals surface area contributed by atoms with Crippen molar-refractivity contribution in [1.82, 2.24) is 19.8 Å². The number of rotatable bonds is 6. The lowest BCUT2D eigenvalue weighted by molar-refractivity contribution is 0.188. The Kier molecular flexibility index (Phi) is 5.47. The number of likely N-dealkylation sites (tertiary alicyclic amines) is 1. The van der Waals surface area contributed by atoms with Crippen LogP contribution in [0.1, 0.15) is 18.9 Å². The fourth-order valence-corrected chi connectivity index (χ4v) is 4.96. The van der Waals surface area contributed by atoms with Crippen LogP contribution < -0.4 is 10.5 Å². The van der Waals surface area contributed by atoms with Gasteiger partial charge in [-0.2, -0.15) is 5.10 Å². The van der Waals surface area contributed by atoms with Crippen molar-refractivity contribution in [2.24, 2.45) is 0 Å². The molecule has 2 aromatic heterocycles. The zero-order valence-corrected chi connectivity index (χ0v) is 19.4. The standard InChI is InChI=1S/C28H27N5O2/c1-2-14-32-15-6-7-20(18-32)33-25-17-26-24(28(29)31-35-26)16-23(25)27(30-33)19-10-12-22(13-11-19)34-21-8-4-3-5-9-21/h2-5,8-13,16-17,20H,1,6-7,14-15,18H2,(H2,29,31).